The molecule has 0 spiro atoms. The molecule has 0 radical (unpaired) electrons. The molecule has 1 aliphatic rings. The van der Waals surface area contributed by atoms with Crippen molar-refractivity contribution >= 4 is 41.4 Å². The number of hydrogen-bond donors (Lipinski definition) is 0. The third-order valence-corrected chi connectivity index (χ3v) is 12.4. The van der Waals surface area contributed by atoms with Crippen LogP contribution in [-0.4, -0.2) is 26.4 Å². The molecule has 1 fully saturated rings. The first kappa shape index (κ1) is 22.9. The van der Waals surface area contributed by atoms with Gasteiger partial charge in [-0.3, -0.25) is 0 Å². The van der Waals surface area contributed by atoms with Crippen molar-refractivity contribution in [1.29, 1.82) is 0 Å². The minimum atomic E-state index is -2.66. The zero-order chi connectivity index (χ0) is 23.8. The van der Waals surface area contributed by atoms with Gasteiger partial charge in [-0.1, -0.05) is 115 Å². The summed E-state index contributed by atoms with van der Waals surface area (Å²) in [7, 11) is -3.09. The summed E-state index contributed by atoms with van der Waals surface area (Å²) in [6.07, 6.45) is 0. The van der Waals surface area contributed by atoms with Crippen LogP contribution < -0.4 is 26.2 Å². The Hall–Kier alpha value is -2.92. The Balaban J connectivity index is 1.84. The van der Waals surface area contributed by atoms with Crippen molar-refractivity contribution in [3.05, 3.63) is 115 Å². The van der Waals surface area contributed by atoms with E-state index in [-0.39, 0.29) is 0 Å². The summed E-state index contributed by atoms with van der Waals surface area (Å²) in [5, 5.41) is 5.33. The molecule has 0 bridgehead atoms. The van der Waals surface area contributed by atoms with Gasteiger partial charge in [-0.15, -0.1) is 0 Å². The zero-order valence-corrected chi connectivity index (χ0v) is 21.4. The molecular formula is C30H31BO2Si. The minimum Gasteiger partial charge on any atom is -0.399 e. The van der Waals surface area contributed by atoms with Crippen LogP contribution in [0.1, 0.15) is 27.7 Å². The fourth-order valence-corrected chi connectivity index (χ4v) is 10.0. The topological polar surface area (TPSA) is 18.5 Å². The Labute approximate surface area is 204 Å². The lowest BCUT2D eigenvalue weighted by atomic mass is 9.79. The van der Waals surface area contributed by atoms with Crippen molar-refractivity contribution < 1.29 is 9.31 Å². The van der Waals surface area contributed by atoms with E-state index in [1.807, 2.05) is 0 Å². The van der Waals surface area contributed by atoms with Crippen LogP contribution in [0.25, 0.3) is 0 Å². The lowest BCUT2D eigenvalue weighted by Gasteiger charge is -2.36. The van der Waals surface area contributed by atoms with Crippen LogP contribution in [-0.2, 0) is 9.31 Å². The summed E-state index contributed by atoms with van der Waals surface area (Å²) in [5.74, 6) is 0. The molecule has 1 saturated heterocycles. The van der Waals surface area contributed by atoms with Crippen molar-refractivity contribution in [2.75, 3.05) is 0 Å². The molecule has 4 aromatic rings. The zero-order valence-electron chi connectivity index (χ0n) is 20.4. The quantitative estimate of drug-likeness (QED) is 0.335. The summed E-state index contributed by atoms with van der Waals surface area (Å²) in [6.45, 7) is 8.47. The maximum Gasteiger partial charge on any atom is 0.494 e. The molecule has 1 aliphatic heterocycles. The number of benzene rings is 4. The first-order valence-corrected chi connectivity index (χ1v) is 14.0. The molecule has 5 rings (SSSR count). The van der Waals surface area contributed by atoms with Crippen molar-refractivity contribution in [2.45, 2.75) is 38.9 Å². The standard InChI is InChI=1S/C30H31BO2Si/c1-29(2)30(3,4)33-31(32-29)27-22-14-15-23-28(27)34(24-16-8-5-9-17-24,25-18-10-6-11-19-25)26-20-12-7-13-21-26/h5-23H,1-4H3. The molecule has 0 atom stereocenters. The van der Waals surface area contributed by atoms with E-state index in [0.717, 1.165) is 5.46 Å². The van der Waals surface area contributed by atoms with Crippen molar-refractivity contribution in [2.24, 2.45) is 0 Å². The molecule has 4 heteroatoms. The molecule has 170 valence electrons. The van der Waals surface area contributed by atoms with Gasteiger partial charge < -0.3 is 9.31 Å². The van der Waals surface area contributed by atoms with E-state index in [1.54, 1.807) is 0 Å². The summed E-state index contributed by atoms with van der Waals surface area (Å²) in [4.78, 5) is 0. The highest BCUT2D eigenvalue weighted by Crippen LogP contribution is 2.36. The van der Waals surface area contributed by atoms with E-state index in [2.05, 4.69) is 143 Å². The lowest BCUT2D eigenvalue weighted by Crippen LogP contribution is -2.78. The molecule has 0 unspecified atom stereocenters. The molecule has 1 heterocycles. The van der Waals surface area contributed by atoms with E-state index in [1.165, 1.54) is 20.7 Å². The van der Waals surface area contributed by atoms with Crippen LogP contribution in [0.4, 0.5) is 0 Å². The smallest absolute Gasteiger partial charge is 0.399 e. The largest absolute Gasteiger partial charge is 0.494 e. The highest BCUT2D eigenvalue weighted by molar-refractivity contribution is 7.21. The highest BCUT2D eigenvalue weighted by Gasteiger charge is 2.54. The number of rotatable bonds is 5. The van der Waals surface area contributed by atoms with E-state index >= 15 is 0 Å². The molecule has 4 aromatic carbocycles. The normalized spacial score (nSPS) is 17.0. The SMILES string of the molecule is CC1(C)OB(c2ccccc2[Si](c2ccccc2)(c2ccccc2)c2ccccc2)OC1(C)C. The molecule has 0 amide bonds. The van der Waals surface area contributed by atoms with Gasteiger partial charge in [0.15, 0.2) is 8.07 Å². The van der Waals surface area contributed by atoms with Gasteiger partial charge in [-0.2, -0.15) is 0 Å². The van der Waals surface area contributed by atoms with Gasteiger partial charge in [0.05, 0.1) is 11.2 Å². The van der Waals surface area contributed by atoms with Crippen LogP contribution in [0.2, 0.25) is 0 Å². The molecule has 2 nitrogen and oxygen atoms in total. The lowest BCUT2D eigenvalue weighted by molar-refractivity contribution is 0.00578. The minimum absolute atomic E-state index is 0.402. The van der Waals surface area contributed by atoms with E-state index in [4.69, 9.17) is 9.31 Å². The Morgan fingerprint density at radius 3 is 1.26 bits per heavy atom. The average molecular weight is 462 g/mol. The van der Waals surface area contributed by atoms with Crippen molar-refractivity contribution in [3.8, 4) is 0 Å². The summed E-state index contributed by atoms with van der Waals surface area (Å²) >= 11 is 0. The van der Waals surface area contributed by atoms with Crippen LogP contribution in [0, 0.1) is 0 Å². The molecule has 0 aliphatic carbocycles. The second-order valence-electron chi connectivity index (χ2n) is 10.0. The van der Waals surface area contributed by atoms with Crippen LogP contribution in [0.15, 0.2) is 115 Å². The average Bonchev–Trinajstić information content (AvgIpc) is 3.08. The fourth-order valence-electron chi connectivity index (χ4n) is 5.05. The van der Waals surface area contributed by atoms with Crippen molar-refractivity contribution in [1.82, 2.24) is 0 Å². The molecule has 34 heavy (non-hydrogen) atoms. The van der Waals surface area contributed by atoms with Crippen LogP contribution in [0.5, 0.6) is 0 Å². The van der Waals surface area contributed by atoms with Gasteiger partial charge in [-0.25, -0.2) is 0 Å². The summed E-state index contributed by atoms with van der Waals surface area (Å²) < 4.78 is 13.2. The van der Waals surface area contributed by atoms with Gasteiger partial charge >= 0.3 is 7.12 Å². The Morgan fingerprint density at radius 2 is 0.853 bits per heavy atom. The van der Waals surface area contributed by atoms with Gasteiger partial charge in [0.2, 0.25) is 0 Å². The Bertz CT molecular complexity index is 1140. The molecule has 0 saturated carbocycles. The summed E-state index contributed by atoms with van der Waals surface area (Å²) in [5.41, 5.74) is 0.312. The van der Waals surface area contributed by atoms with Gasteiger partial charge in [0, 0.05) is 0 Å². The summed E-state index contributed by atoms with van der Waals surface area (Å²) in [6, 6.07) is 41.7. The first-order valence-electron chi connectivity index (χ1n) is 12.0. The monoisotopic (exact) mass is 462 g/mol. The second kappa shape index (κ2) is 8.70. The fraction of sp³-hybridized carbons (Fsp3) is 0.200. The molecular weight excluding hydrogens is 431 g/mol. The predicted octanol–water partition coefficient (Wildman–Crippen LogP) is 3.36. The third-order valence-electron chi connectivity index (χ3n) is 7.49. The van der Waals surface area contributed by atoms with E-state index in [9.17, 15) is 0 Å². The number of hydrogen-bond acceptors (Lipinski definition) is 2. The van der Waals surface area contributed by atoms with E-state index in [0.29, 0.717) is 0 Å². The van der Waals surface area contributed by atoms with Crippen LogP contribution >= 0.6 is 0 Å². The van der Waals surface area contributed by atoms with E-state index < -0.39 is 26.4 Å². The first-order chi connectivity index (χ1) is 16.4. The maximum atomic E-state index is 6.59. The third kappa shape index (κ3) is 3.67. The molecule has 0 N–H and O–H groups in total. The Morgan fingerprint density at radius 1 is 0.500 bits per heavy atom. The Kier molecular flexibility index (Phi) is 5.85. The van der Waals surface area contributed by atoms with Crippen molar-refractivity contribution in [3.63, 3.8) is 0 Å². The van der Waals surface area contributed by atoms with Crippen LogP contribution in [0.3, 0.4) is 0 Å². The predicted molar refractivity (Wildman–Crippen MR) is 146 cm³/mol. The second-order valence-corrected chi connectivity index (χ2v) is 13.8. The van der Waals surface area contributed by atoms with Gasteiger partial charge in [-0.05, 0) is 53.9 Å². The molecule has 0 aromatic heterocycles. The highest BCUT2D eigenvalue weighted by atomic mass is 28.3. The van der Waals surface area contributed by atoms with Gasteiger partial charge in [0.25, 0.3) is 0 Å². The van der Waals surface area contributed by atoms with Gasteiger partial charge in [0.1, 0.15) is 0 Å². The maximum absolute atomic E-state index is 6.59.